The molecule has 2 aliphatic rings. The van der Waals surface area contributed by atoms with Crippen LogP contribution < -0.4 is 10.2 Å². The van der Waals surface area contributed by atoms with Crippen molar-refractivity contribution in [1.29, 1.82) is 0 Å². The molecule has 0 spiro atoms. The van der Waals surface area contributed by atoms with Crippen molar-refractivity contribution in [3.63, 3.8) is 0 Å². The van der Waals surface area contributed by atoms with Gasteiger partial charge >= 0.3 is 0 Å². The summed E-state index contributed by atoms with van der Waals surface area (Å²) in [5.74, 6) is -0.292. The van der Waals surface area contributed by atoms with E-state index < -0.39 is 6.17 Å². The highest BCUT2D eigenvalue weighted by Crippen LogP contribution is 2.45. The van der Waals surface area contributed by atoms with Crippen molar-refractivity contribution in [2.24, 2.45) is 0 Å². The maximum absolute atomic E-state index is 13.3. The van der Waals surface area contributed by atoms with E-state index in [1.807, 2.05) is 42.6 Å². The van der Waals surface area contributed by atoms with Crippen molar-refractivity contribution in [2.75, 3.05) is 18.0 Å². The van der Waals surface area contributed by atoms with Crippen molar-refractivity contribution in [2.45, 2.75) is 25.6 Å². The predicted molar refractivity (Wildman–Crippen MR) is 118 cm³/mol. The van der Waals surface area contributed by atoms with Gasteiger partial charge in [-0.2, -0.15) is 5.10 Å². The Kier molecular flexibility index (Phi) is 5.18. The van der Waals surface area contributed by atoms with Gasteiger partial charge in [-0.1, -0.05) is 30.3 Å². The zero-order valence-electron chi connectivity index (χ0n) is 17.5. The third-order valence-corrected chi connectivity index (χ3v) is 5.91. The Morgan fingerprint density at radius 2 is 1.72 bits per heavy atom. The average Bonchev–Trinajstić information content (AvgIpc) is 3.43. The molecule has 3 aromatic rings. The first-order valence-corrected chi connectivity index (χ1v) is 10.7. The van der Waals surface area contributed by atoms with Gasteiger partial charge in [0.15, 0.2) is 0 Å². The Balaban J connectivity index is 1.29. The number of amides is 3. The summed E-state index contributed by atoms with van der Waals surface area (Å²) in [4.78, 5) is 42.2. The summed E-state index contributed by atoms with van der Waals surface area (Å²) in [7, 11) is 0. The van der Waals surface area contributed by atoms with Crippen LogP contribution in [0, 0.1) is 0 Å². The molecule has 1 aromatic heterocycles. The SMILES string of the molecule is O=C(CCCN1C(=O)c2ccccc2N2C(=O)c3ccccc3C12)NCCn1cccn1. The van der Waals surface area contributed by atoms with E-state index in [0.717, 1.165) is 5.56 Å². The summed E-state index contributed by atoms with van der Waals surface area (Å²) in [5.41, 5.74) is 2.58. The van der Waals surface area contributed by atoms with Gasteiger partial charge in [-0.05, 0) is 30.7 Å². The summed E-state index contributed by atoms with van der Waals surface area (Å²) in [6.45, 7) is 1.48. The van der Waals surface area contributed by atoms with E-state index in [-0.39, 0.29) is 17.7 Å². The molecule has 0 radical (unpaired) electrons. The lowest BCUT2D eigenvalue weighted by molar-refractivity contribution is -0.121. The number of carbonyl (C=O) groups excluding carboxylic acids is 3. The molecule has 3 heterocycles. The minimum atomic E-state index is -0.482. The van der Waals surface area contributed by atoms with Gasteiger partial charge in [-0.25, -0.2) is 0 Å². The third kappa shape index (κ3) is 3.43. The zero-order chi connectivity index (χ0) is 22.1. The molecule has 2 aromatic carbocycles. The van der Waals surface area contributed by atoms with Crippen LogP contribution in [0.5, 0.6) is 0 Å². The molecule has 1 unspecified atom stereocenters. The first kappa shape index (κ1) is 20.0. The molecule has 0 fully saturated rings. The second-order valence-corrected chi connectivity index (χ2v) is 7.87. The predicted octanol–water partition coefficient (Wildman–Crippen LogP) is 2.59. The fourth-order valence-corrected chi connectivity index (χ4v) is 4.44. The molecule has 0 aliphatic carbocycles. The summed E-state index contributed by atoms with van der Waals surface area (Å²) in [6, 6.07) is 16.5. The maximum atomic E-state index is 13.3. The minimum absolute atomic E-state index is 0.0678. The standard InChI is InChI=1S/C24H23N5O3/c30-21(25-13-16-27-14-6-12-26-27)11-5-15-28-22-17-7-1-2-8-18(17)24(32)29(22)20-10-4-3-9-19(20)23(28)31/h1-4,6-10,12,14,22H,5,11,13,15-16H2,(H,25,30). The van der Waals surface area contributed by atoms with Crippen molar-refractivity contribution in [3.05, 3.63) is 83.7 Å². The largest absolute Gasteiger partial charge is 0.354 e. The molecular weight excluding hydrogens is 406 g/mol. The number of rotatable bonds is 7. The molecule has 8 heteroatoms. The summed E-state index contributed by atoms with van der Waals surface area (Å²) in [6.07, 6.45) is 3.86. The highest BCUT2D eigenvalue weighted by atomic mass is 16.2. The molecular formula is C24H23N5O3. The Morgan fingerprint density at radius 3 is 2.53 bits per heavy atom. The molecule has 2 aliphatic heterocycles. The fourth-order valence-electron chi connectivity index (χ4n) is 4.44. The number of aromatic nitrogens is 2. The number of hydrogen-bond acceptors (Lipinski definition) is 4. The normalized spacial score (nSPS) is 16.6. The number of hydrogen-bond donors (Lipinski definition) is 1. The van der Waals surface area contributed by atoms with Crippen LogP contribution in [-0.4, -0.2) is 45.5 Å². The van der Waals surface area contributed by atoms with E-state index >= 15 is 0 Å². The first-order chi connectivity index (χ1) is 15.6. The van der Waals surface area contributed by atoms with Gasteiger partial charge in [-0.15, -0.1) is 0 Å². The quantitative estimate of drug-likeness (QED) is 0.625. The lowest BCUT2D eigenvalue weighted by Crippen LogP contribution is -2.48. The van der Waals surface area contributed by atoms with E-state index in [1.165, 1.54) is 0 Å². The van der Waals surface area contributed by atoms with E-state index in [9.17, 15) is 14.4 Å². The minimum Gasteiger partial charge on any atom is -0.354 e. The first-order valence-electron chi connectivity index (χ1n) is 10.7. The zero-order valence-corrected chi connectivity index (χ0v) is 17.5. The van der Waals surface area contributed by atoms with E-state index in [4.69, 9.17) is 0 Å². The van der Waals surface area contributed by atoms with Crippen LogP contribution in [0.4, 0.5) is 5.69 Å². The van der Waals surface area contributed by atoms with Crippen LogP contribution in [-0.2, 0) is 11.3 Å². The second kappa shape index (κ2) is 8.30. The molecule has 32 heavy (non-hydrogen) atoms. The van der Waals surface area contributed by atoms with Crippen molar-refractivity contribution in [1.82, 2.24) is 20.0 Å². The van der Waals surface area contributed by atoms with E-state index in [0.29, 0.717) is 49.3 Å². The number of anilines is 1. The number of fused-ring (bicyclic) bond motifs is 5. The monoisotopic (exact) mass is 429 g/mol. The van der Waals surface area contributed by atoms with Crippen molar-refractivity contribution in [3.8, 4) is 0 Å². The lowest BCUT2D eigenvalue weighted by Gasteiger charge is -2.41. The number of para-hydroxylation sites is 1. The second-order valence-electron chi connectivity index (χ2n) is 7.87. The number of nitrogens with one attached hydrogen (secondary N) is 1. The van der Waals surface area contributed by atoms with Crippen LogP contribution >= 0.6 is 0 Å². The molecule has 0 bridgehead atoms. The molecule has 0 saturated heterocycles. The fraction of sp³-hybridized carbons (Fsp3) is 0.250. The maximum Gasteiger partial charge on any atom is 0.260 e. The molecule has 162 valence electrons. The average molecular weight is 429 g/mol. The van der Waals surface area contributed by atoms with Crippen molar-refractivity contribution >= 4 is 23.4 Å². The van der Waals surface area contributed by atoms with Crippen LogP contribution in [0.15, 0.2) is 67.0 Å². The van der Waals surface area contributed by atoms with E-state index in [2.05, 4.69) is 10.4 Å². The molecule has 3 amide bonds. The Hall–Kier alpha value is -3.94. The summed E-state index contributed by atoms with van der Waals surface area (Å²) < 4.78 is 1.76. The van der Waals surface area contributed by atoms with Crippen molar-refractivity contribution < 1.29 is 14.4 Å². The molecule has 0 saturated carbocycles. The van der Waals surface area contributed by atoms with Crippen LogP contribution in [0.1, 0.15) is 45.3 Å². The van der Waals surface area contributed by atoms with E-state index in [1.54, 1.807) is 38.9 Å². The highest BCUT2D eigenvalue weighted by Gasteiger charge is 2.47. The number of benzene rings is 2. The Labute approximate surface area is 185 Å². The van der Waals surface area contributed by atoms with Gasteiger partial charge in [0.1, 0.15) is 6.17 Å². The van der Waals surface area contributed by atoms with Crippen LogP contribution in [0.2, 0.25) is 0 Å². The molecule has 1 N–H and O–H groups in total. The van der Waals surface area contributed by atoms with Gasteiger partial charge in [0.05, 0.1) is 17.8 Å². The molecule has 1 atom stereocenters. The van der Waals surface area contributed by atoms with Crippen LogP contribution in [0.3, 0.4) is 0 Å². The smallest absolute Gasteiger partial charge is 0.260 e. The van der Waals surface area contributed by atoms with Gasteiger partial charge < -0.3 is 10.2 Å². The van der Waals surface area contributed by atoms with Gasteiger partial charge in [0.2, 0.25) is 5.91 Å². The lowest BCUT2D eigenvalue weighted by atomic mass is 10.0. The Bertz CT molecular complexity index is 1170. The number of nitrogens with zero attached hydrogens (tertiary/aromatic N) is 4. The summed E-state index contributed by atoms with van der Waals surface area (Å²) in [5, 5.41) is 6.99. The molecule has 8 nitrogen and oxygen atoms in total. The molecule has 5 rings (SSSR count). The van der Waals surface area contributed by atoms with Gasteiger partial charge in [-0.3, -0.25) is 24.0 Å². The van der Waals surface area contributed by atoms with Gasteiger partial charge in [0.25, 0.3) is 11.8 Å². The third-order valence-electron chi connectivity index (χ3n) is 5.91. The highest BCUT2D eigenvalue weighted by molar-refractivity contribution is 6.16. The summed E-state index contributed by atoms with van der Waals surface area (Å²) >= 11 is 0. The van der Waals surface area contributed by atoms with Crippen LogP contribution in [0.25, 0.3) is 0 Å². The van der Waals surface area contributed by atoms with Gasteiger partial charge in [0, 0.05) is 43.0 Å². The number of carbonyl (C=O) groups is 3. The Morgan fingerprint density at radius 1 is 0.938 bits per heavy atom. The topological polar surface area (TPSA) is 87.5 Å².